The monoisotopic (exact) mass is 434 g/mol. The highest BCUT2D eigenvalue weighted by Gasteiger charge is 2.17. The zero-order chi connectivity index (χ0) is 22.2. The number of benzene rings is 3. The lowest BCUT2D eigenvalue weighted by Crippen LogP contribution is -2.22. The number of aryl methyl sites for hydroxylation is 1. The highest BCUT2D eigenvalue weighted by atomic mass is 32.2. The lowest BCUT2D eigenvalue weighted by molar-refractivity contribution is -0.115. The highest BCUT2D eigenvalue weighted by molar-refractivity contribution is 8.00. The Morgan fingerprint density at radius 2 is 1.71 bits per heavy atom. The molecule has 2 amide bonds. The number of ether oxygens (including phenoxy) is 1. The molecule has 0 aliphatic heterocycles. The van der Waals surface area contributed by atoms with Crippen molar-refractivity contribution in [3.63, 3.8) is 0 Å². The molecule has 160 valence electrons. The van der Waals surface area contributed by atoms with Crippen molar-refractivity contribution in [3.8, 4) is 5.75 Å². The van der Waals surface area contributed by atoms with E-state index in [9.17, 15) is 9.59 Å². The van der Waals surface area contributed by atoms with Gasteiger partial charge in [-0.3, -0.25) is 9.59 Å². The molecule has 0 fully saturated rings. The van der Waals surface area contributed by atoms with Crippen molar-refractivity contribution in [2.75, 3.05) is 17.2 Å². The van der Waals surface area contributed by atoms with E-state index in [0.717, 1.165) is 10.5 Å². The number of hydrogen-bond donors (Lipinski definition) is 2. The van der Waals surface area contributed by atoms with Gasteiger partial charge in [0.25, 0.3) is 5.91 Å². The second kappa shape index (κ2) is 10.7. The zero-order valence-electron chi connectivity index (χ0n) is 17.8. The summed E-state index contributed by atoms with van der Waals surface area (Å²) in [7, 11) is 0. The fourth-order valence-corrected chi connectivity index (χ4v) is 3.94. The molecule has 0 radical (unpaired) electrons. The van der Waals surface area contributed by atoms with Gasteiger partial charge in [-0.2, -0.15) is 0 Å². The van der Waals surface area contributed by atoms with Crippen LogP contribution in [-0.4, -0.2) is 23.7 Å². The zero-order valence-corrected chi connectivity index (χ0v) is 18.7. The van der Waals surface area contributed by atoms with Crippen LogP contribution in [0.2, 0.25) is 0 Å². The van der Waals surface area contributed by atoms with Crippen molar-refractivity contribution >= 4 is 35.0 Å². The van der Waals surface area contributed by atoms with Crippen molar-refractivity contribution in [2.24, 2.45) is 0 Å². The predicted molar refractivity (Wildman–Crippen MR) is 127 cm³/mol. The van der Waals surface area contributed by atoms with Gasteiger partial charge in [0.15, 0.2) is 0 Å². The van der Waals surface area contributed by atoms with Gasteiger partial charge in [-0.15, -0.1) is 11.8 Å². The molecule has 0 bridgehead atoms. The number of para-hydroxylation sites is 2. The fourth-order valence-electron chi connectivity index (χ4n) is 3.02. The minimum atomic E-state index is -0.336. The lowest BCUT2D eigenvalue weighted by atomic mass is 10.1. The minimum Gasteiger partial charge on any atom is -0.492 e. The average molecular weight is 435 g/mol. The quantitative estimate of drug-likeness (QED) is 0.442. The summed E-state index contributed by atoms with van der Waals surface area (Å²) >= 11 is 1.43. The maximum atomic E-state index is 12.7. The van der Waals surface area contributed by atoms with Crippen LogP contribution in [0.5, 0.6) is 5.75 Å². The normalized spacial score (nSPS) is 11.5. The van der Waals surface area contributed by atoms with E-state index in [1.54, 1.807) is 6.07 Å². The molecule has 0 aliphatic rings. The molecule has 6 heteroatoms. The van der Waals surface area contributed by atoms with Crippen LogP contribution < -0.4 is 15.4 Å². The molecular formula is C25H26N2O3S. The van der Waals surface area contributed by atoms with E-state index in [1.807, 2.05) is 87.5 Å². The summed E-state index contributed by atoms with van der Waals surface area (Å²) < 4.78 is 5.57. The van der Waals surface area contributed by atoms with Crippen molar-refractivity contribution in [1.29, 1.82) is 0 Å². The molecule has 2 N–H and O–H groups in total. The first-order valence-electron chi connectivity index (χ1n) is 10.1. The van der Waals surface area contributed by atoms with E-state index in [4.69, 9.17) is 4.74 Å². The van der Waals surface area contributed by atoms with E-state index in [-0.39, 0.29) is 17.1 Å². The summed E-state index contributed by atoms with van der Waals surface area (Å²) in [4.78, 5) is 26.2. The van der Waals surface area contributed by atoms with Gasteiger partial charge < -0.3 is 15.4 Å². The Bertz CT molecular complexity index is 1070. The second-order valence-electron chi connectivity index (χ2n) is 6.98. The number of carbonyl (C=O) groups excluding carboxylic acids is 2. The van der Waals surface area contributed by atoms with E-state index < -0.39 is 0 Å². The summed E-state index contributed by atoms with van der Waals surface area (Å²) in [5.74, 6) is 0.376. The molecule has 0 spiro atoms. The number of carbonyl (C=O) groups is 2. The molecule has 0 heterocycles. The van der Waals surface area contributed by atoms with Crippen molar-refractivity contribution in [3.05, 3.63) is 83.9 Å². The maximum absolute atomic E-state index is 12.7. The van der Waals surface area contributed by atoms with Crippen LogP contribution in [0.15, 0.2) is 77.7 Å². The van der Waals surface area contributed by atoms with Gasteiger partial charge in [-0.1, -0.05) is 36.4 Å². The molecule has 0 saturated heterocycles. The number of anilines is 2. The summed E-state index contributed by atoms with van der Waals surface area (Å²) in [6.45, 7) is 6.19. The number of amides is 2. The molecule has 0 aliphatic carbocycles. The van der Waals surface area contributed by atoms with Gasteiger partial charge in [0.05, 0.1) is 17.5 Å². The van der Waals surface area contributed by atoms with Crippen molar-refractivity contribution in [2.45, 2.75) is 30.9 Å². The minimum absolute atomic E-state index is 0.119. The third kappa shape index (κ3) is 6.12. The van der Waals surface area contributed by atoms with Gasteiger partial charge in [0.2, 0.25) is 5.91 Å². The number of rotatable bonds is 8. The Labute approximate surface area is 187 Å². The molecule has 0 saturated carbocycles. The predicted octanol–water partition coefficient (Wildman–Crippen LogP) is 5.77. The molecule has 5 nitrogen and oxygen atoms in total. The van der Waals surface area contributed by atoms with Gasteiger partial charge in [-0.05, 0) is 62.7 Å². The van der Waals surface area contributed by atoms with E-state index in [0.29, 0.717) is 29.3 Å². The van der Waals surface area contributed by atoms with Crippen LogP contribution in [0, 0.1) is 6.92 Å². The van der Waals surface area contributed by atoms with Crippen LogP contribution >= 0.6 is 11.8 Å². The molecular weight excluding hydrogens is 408 g/mol. The molecule has 3 aromatic rings. The first-order chi connectivity index (χ1) is 15.0. The van der Waals surface area contributed by atoms with Crippen molar-refractivity contribution < 1.29 is 14.3 Å². The second-order valence-corrected chi connectivity index (χ2v) is 8.39. The van der Waals surface area contributed by atoms with Crippen LogP contribution in [0.25, 0.3) is 0 Å². The SMILES string of the molecule is CCOc1ccccc1NC(=O)C(C)Sc1cccc(NC(=O)c2ccccc2C)c1. The van der Waals surface area contributed by atoms with E-state index in [1.165, 1.54) is 11.8 Å². The van der Waals surface area contributed by atoms with Crippen LogP contribution in [0.4, 0.5) is 11.4 Å². The summed E-state index contributed by atoms with van der Waals surface area (Å²) in [5.41, 5.74) is 2.90. The topological polar surface area (TPSA) is 67.4 Å². The third-order valence-electron chi connectivity index (χ3n) is 4.61. The standard InChI is InChI=1S/C25H26N2O3S/c1-4-30-23-15-8-7-14-22(23)27-24(28)18(3)31-20-12-9-11-19(16-20)26-25(29)21-13-6-5-10-17(21)2/h5-16,18H,4H2,1-3H3,(H,26,29)(H,27,28). The number of hydrogen-bond acceptors (Lipinski definition) is 4. The van der Waals surface area contributed by atoms with Gasteiger partial charge in [0.1, 0.15) is 5.75 Å². The molecule has 3 aromatic carbocycles. The Morgan fingerprint density at radius 1 is 0.968 bits per heavy atom. The number of nitrogens with one attached hydrogen (secondary N) is 2. The van der Waals surface area contributed by atoms with Crippen LogP contribution in [0.1, 0.15) is 29.8 Å². The summed E-state index contributed by atoms with van der Waals surface area (Å²) in [5, 5.41) is 5.53. The average Bonchev–Trinajstić information content (AvgIpc) is 2.75. The lowest BCUT2D eigenvalue weighted by Gasteiger charge is -2.15. The molecule has 0 aromatic heterocycles. The van der Waals surface area contributed by atoms with Gasteiger partial charge in [-0.25, -0.2) is 0 Å². The summed E-state index contributed by atoms with van der Waals surface area (Å²) in [6.07, 6.45) is 0. The first kappa shape index (κ1) is 22.4. The Kier molecular flexibility index (Phi) is 7.73. The molecule has 31 heavy (non-hydrogen) atoms. The summed E-state index contributed by atoms with van der Waals surface area (Å²) in [6, 6.07) is 22.3. The molecule has 1 unspecified atom stereocenters. The highest BCUT2D eigenvalue weighted by Crippen LogP contribution is 2.29. The fraction of sp³-hybridized carbons (Fsp3) is 0.200. The van der Waals surface area contributed by atoms with E-state index >= 15 is 0 Å². The number of thioether (sulfide) groups is 1. The van der Waals surface area contributed by atoms with E-state index in [2.05, 4.69) is 10.6 Å². The molecule has 1 atom stereocenters. The van der Waals surface area contributed by atoms with Gasteiger partial charge in [0, 0.05) is 16.1 Å². The van der Waals surface area contributed by atoms with Crippen molar-refractivity contribution in [1.82, 2.24) is 0 Å². The Hall–Kier alpha value is -3.25. The third-order valence-corrected chi connectivity index (χ3v) is 5.70. The maximum Gasteiger partial charge on any atom is 0.255 e. The van der Waals surface area contributed by atoms with Gasteiger partial charge >= 0.3 is 0 Å². The Balaban J connectivity index is 1.64. The van der Waals surface area contributed by atoms with Crippen LogP contribution in [-0.2, 0) is 4.79 Å². The smallest absolute Gasteiger partial charge is 0.255 e. The first-order valence-corrected chi connectivity index (χ1v) is 11.0. The largest absolute Gasteiger partial charge is 0.492 e. The Morgan fingerprint density at radius 3 is 2.48 bits per heavy atom. The van der Waals surface area contributed by atoms with Crippen LogP contribution in [0.3, 0.4) is 0 Å². The molecule has 3 rings (SSSR count).